The van der Waals surface area contributed by atoms with Crippen molar-refractivity contribution in [3.8, 4) is 5.69 Å². The Morgan fingerprint density at radius 2 is 1.96 bits per heavy atom. The average Bonchev–Trinajstić information content (AvgIpc) is 3.14. The van der Waals surface area contributed by atoms with Crippen LogP contribution in [-0.2, 0) is 6.54 Å². The lowest BCUT2D eigenvalue weighted by Crippen LogP contribution is -2.57. The topological polar surface area (TPSA) is 36.3 Å². The van der Waals surface area contributed by atoms with E-state index in [1.807, 2.05) is 16.9 Å². The summed E-state index contributed by atoms with van der Waals surface area (Å²) in [7, 11) is 2.33. The van der Waals surface area contributed by atoms with Gasteiger partial charge in [0.1, 0.15) is 0 Å². The maximum atomic E-state index is 4.52. The summed E-state index contributed by atoms with van der Waals surface area (Å²) in [6.45, 7) is 11.2. The first-order chi connectivity index (χ1) is 13.1. The van der Waals surface area contributed by atoms with Crippen LogP contribution in [0.2, 0.25) is 0 Å². The number of hydrogen-bond acceptors (Lipinski definition) is 4. The van der Waals surface area contributed by atoms with E-state index in [0.29, 0.717) is 5.54 Å². The molecule has 3 heterocycles. The molecule has 0 unspecified atom stereocenters. The van der Waals surface area contributed by atoms with Crippen LogP contribution in [0.3, 0.4) is 0 Å². The molecule has 1 N–H and O–H groups in total. The zero-order valence-electron chi connectivity index (χ0n) is 17.0. The molecule has 0 radical (unpaired) electrons. The van der Waals surface area contributed by atoms with Gasteiger partial charge in [0.25, 0.3) is 0 Å². The number of nitrogens with zero attached hydrogens (tertiary/aromatic N) is 4. The highest BCUT2D eigenvalue weighted by Crippen LogP contribution is 2.31. The van der Waals surface area contributed by atoms with Crippen molar-refractivity contribution in [1.82, 2.24) is 24.9 Å². The molecule has 5 heteroatoms. The van der Waals surface area contributed by atoms with Crippen LogP contribution in [0.4, 0.5) is 0 Å². The number of hydrogen-bond donors (Lipinski definition) is 1. The molecule has 27 heavy (non-hydrogen) atoms. The fraction of sp³-hybridized carbons (Fsp3) is 0.591. The van der Waals surface area contributed by atoms with Crippen LogP contribution in [0.15, 0.2) is 30.6 Å². The van der Waals surface area contributed by atoms with Gasteiger partial charge >= 0.3 is 0 Å². The summed E-state index contributed by atoms with van der Waals surface area (Å²) in [4.78, 5) is 5.34. The molecular weight excluding hydrogens is 334 g/mol. The second-order valence-electron chi connectivity index (χ2n) is 8.49. The Kier molecular flexibility index (Phi) is 5.35. The van der Waals surface area contributed by atoms with Gasteiger partial charge in [-0.1, -0.05) is 6.07 Å². The molecule has 146 valence electrons. The Balaban J connectivity index is 1.63. The second kappa shape index (κ2) is 7.74. The van der Waals surface area contributed by atoms with E-state index in [-0.39, 0.29) is 0 Å². The maximum absolute atomic E-state index is 4.52. The van der Waals surface area contributed by atoms with Crippen molar-refractivity contribution in [1.29, 1.82) is 0 Å². The number of rotatable bonds is 3. The van der Waals surface area contributed by atoms with E-state index < -0.39 is 0 Å². The highest BCUT2D eigenvalue weighted by Gasteiger charge is 2.39. The van der Waals surface area contributed by atoms with Crippen molar-refractivity contribution >= 4 is 0 Å². The van der Waals surface area contributed by atoms with Crippen LogP contribution in [-0.4, -0.2) is 64.9 Å². The molecule has 1 aromatic heterocycles. The fourth-order valence-corrected chi connectivity index (χ4v) is 4.97. The summed E-state index contributed by atoms with van der Waals surface area (Å²) in [5.74, 6) is 0. The van der Waals surface area contributed by atoms with E-state index in [9.17, 15) is 0 Å². The molecule has 0 saturated carbocycles. The van der Waals surface area contributed by atoms with Gasteiger partial charge < -0.3 is 5.32 Å². The Hall–Kier alpha value is -1.69. The van der Waals surface area contributed by atoms with Gasteiger partial charge in [-0.25, -0.2) is 4.68 Å². The molecule has 5 nitrogen and oxygen atoms in total. The van der Waals surface area contributed by atoms with E-state index in [1.165, 1.54) is 54.7 Å². The third kappa shape index (κ3) is 3.82. The zero-order valence-corrected chi connectivity index (χ0v) is 17.0. The highest BCUT2D eigenvalue weighted by atomic mass is 15.3. The first-order valence-electron chi connectivity index (χ1n) is 10.3. The molecule has 0 bridgehead atoms. The van der Waals surface area contributed by atoms with Crippen molar-refractivity contribution in [2.45, 2.75) is 45.2 Å². The molecule has 2 aliphatic heterocycles. The normalized spacial score (nSPS) is 21.4. The zero-order chi connectivity index (χ0) is 18.9. The molecule has 2 fully saturated rings. The molecule has 0 atom stereocenters. The summed E-state index contributed by atoms with van der Waals surface area (Å²) in [5, 5.41) is 8.07. The first-order valence-corrected chi connectivity index (χ1v) is 10.3. The van der Waals surface area contributed by atoms with Gasteiger partial charge in [0.05, 0.1) is 5.69 Å². The Morgan fingerprint density at radius 1 is 1.15 bits per heavy atom. The van der Waals surface area contributed by atoms with Gasteiger partial charge in [0, 0.05) is 31.0 Å². The third-order valence-electron chi connectivity index (χ3n) is 6.56. The average molecular weight is 368 g/mol. The molecule has 0 amide bonds. The summed E-state index contributed by atoms with van der Waals surface area (Å²) in [6.07, 6.45) is 7.67. The molecule has 0 aliphatic carbocycles. The minimum atomic E-state index is 0.326. The van der Waals surface area contributed by atoms with Crippen molar-refractivity contribution < 1.29 is 0 Å². The largest absolute Gasteiger partial charge is 0.317 e. The van der Waals surface area contributed by atoms with Crippen molar-refractivity contribution in [2.24, 2.45) is 0 Å². The van der Waals surface area contributed by atoms with Crippen LogP contribution in [0, 0.1) is 13.8 Å². The molecule has 4 rings (SSSR count). The van der Waals surface area contributed by atoms with Gasteiger partial charge in [-0.2, -0.15) is 5.10 Å². The van der Waals surface area contributed by atoms with Crippen molar-refractivity contribution in [3.63, 3.8) is 0 Å². The lowest BCUT2D eigenvalue weighted by atomic mass is 9.86. The number of likely N-dealkylation sites (N-methyl/N-ethyl adjacent to an activating group) is 1. The predicted octanol–water partition coefficient (Wildman–Crippen LogP) is 2.75. The third-order valence-corrected chi connectivity index (χ3v) is 6.56. The molecule has 1 aromatic carbocycles. The predicted molar refractivity (Wildman–Crippen MR) is 110 cm³/mol. The van der Waals surface area contributed by atoms with Gasteiger partial charge in [-0.05, 0) is 95.2 Å². The van der Waals surface area contributed by atoms with Crippen LogP contribution in [0.25, 0.3) is 5.69 Å². The monoisotopic (exact) mass is 367 g/mol. The van der Waals surface area contributed by atoms with E-state index in [0.717, 1.165) is 26.2 Å². The summed E-state index contributed by atoms with van der Waals surface area (Å²) in [5.41, 5.74) is 5.64. The van der Waals surface area contributed by atoms with E-state index in [1.54, 1.807) is 0 Å². The Bertz CT molecular complexity index is 761. The fourth-order valence-electron chi connectivity index (χ4n) is 4.97. The lowest BCUT2D eigenvalue weighted by molar-refractivity contribution is 0.0637. The highest BCUT2D eigenvalue weighted by molar-refractivity contribution is 5.48. The van der Waals surface area contributed by atoms with Crippen LogP contribution < -0.4 is 5.32 Å². The van der Waals surface area contributed by atoms with Crippen LogP contribution >= 0.6 is 0 Å². The van der Waals surface area contributed by atoms with E-state index in [2.05, 4.69) is 59.4 Å². The minimum absolute atomic E-state index is 0.326. The van der Waals surface area contributed by atoms with E-state index >= 15 is 0 Å². The Labute approximate surface area is 163 Å². The molecule has 1 spiro atoms. The number of nitrogens with one attached hydrogen (secondary N) is 1. The standard InChI is InChI=1S/C22H33N5/c1-18-14-19(2)20(21(15-18)27-13-4-8-24-27)16-26-12-5-11-25(3)22(17-26)6-9-23-10-7-22/h4,8,13-15,23H,5-7,9-12,16-17H2,1-3H3. The SMILES string of the molecule is Cc1cc(C)c(CN2CCCN(C)C3(CCNCC3)C2)c(-n2cccn2)c1. The number of aromatic nitrogens is 2. The minimum Gasteiger partial charge on any atom is -0.317 e. The van der Waals surface area contributed by atoms with E-state index in [4.69, 9.17) is 0 Å². The first kappa shape index (κ1) is 18.7. The van der Waals surface area contributed by atoms with Crippen molar-refractivity contribution in [3.05, 3.63) is 47.3 Å². The summed E-state index contributed by atoms with van der Waals surface area (Å²) < 4.78 is 2.03. The molecule has 2 aliphatic rings. The van der Waals surface area contributed by atoms with Gasteiger partial charge in [-0.3, -0.25) is 9.80 Å². The van der Waals surface area contributed by atoms with Crippen LogP contribution in [0.1, 0.15) is 36.0 Å². The maximum Gasteiger partial charge on any atom is 0.0695 e. The number of benzene rings is 1. The van der Waals surface area contributed by atoms with Gasteiger partial charge in [-0.15, -0.1) is 0 Å². The smallest absolute Gasteiger partial charge is 0.0695 e. The molecule has 2 aromatic rings. The lowest BCUT2D eigenvalue weighted by Gasteiger charge is -2.45. The number of aryl methyl sites for hydroxylation is 2. The van der Waals surface area contributed by atoms with Gasteiger partial charge in [0.2, 0.25) is 0 Å². The van der Waals surface area contributed by atoms with Gasteiger partial charge in [0.15, 0.2) is 0 Å². The number of piperidine rings is 1. The second-order valence-corrected chi connectivity index (χ2v) is 8.49. The molecular formula is C22H33N5. The Morgan fingerprint density at radius 3 is 2.70 bits per heavy atom. The summed E-state index contributed by atoms with van der Waals surface area (Å²) in [6, 6.07) is 6.60. The quantitative estimate of drug-likeness (QED) is 0.905. The molecule has 2 saturated heterocycles. The van der Waals surface area contributed by atoms with Crippen molar-refractivity contribution in [2.75, 3.05) is 39.8 Å². The van der Waals surface area contributed by atoms with Crippen LogP contribution in [0.5, 0.6) is 0 Å². The summed E-state index contributed by atoms with van der Waals surface area (Å²) >= 11 is 0.